The van der Waals surface area contributed by atoms with E-state index < -0.39 is 5.60 Å². The largest absolute Gasteiger partial charge is 0.393 e. The topological polar surface area (TPSA) is 40.5 Å². The molecule has 0 saturated heterocycles. The summed E-state index contributed by atoms with van der Waals surface area (Å²) < 4.78 is 0. The summed E-state index contributed by atoms with van der Waals surface area (Å²) >= 11 is 0. The monoisotopic (exact) mass is 416 g/mol. The van der Waals surface area contributed by atoms with E-state index in [1.54, 1.807) is 5.57 Å². The minimum atomic E-state index is -0.424. The molecule has 0 aliphatic heterocycles. The smallest absolute Gasteiger partial charge is 0.0682 e. The molecule has 2 nitrogen and oxygen atoms in total. The Morgan fingerprint density at radius 2 is 1.80 bits per heavy atom. The van der Waals surface area contributed by atoms with Gasteiger partial charge in [0, 0.05) is 0 Å². The Labute approximate surface area is 185 Å². The van der Waals surface area contributed by atoms with E-state index in [0.717, 1.165) is 61.2 Å². The van der Waals surface area contributed by atoms with Gasteiger partial charge < -0.3 is 10.2 Å². The lowest BCUT2D eigenvalue weighted by molar-refractivity contribution is -0.0466. The Morgan fingerprint density at radius 1 is 1.03 bits per heavy atom. The molecule has 0 amide bonds. The fourth-order valence-corrected chi connectivity index (χ4v) is 8.61. The van der Waals surface area contributed by atoms with E-state index in [1.165, 1.54) is 44.9 Å². The molecule has 2 N–H and O–H groups in total. The van der Waals surface area contributed by atoms with E-state index in [9.17, 15) is 10.2 Å². The van der Waals surface area contributed by atoms with Gasteiger partial charge in [-0.1, -0.05) is 46.3 Å². The predicted molar refractivity (Wildman–Crippen MR) is 125 cm³/mol. The molecule has 30 heavy (non-hydrogen) atoms. The molecule has 3 saturated carbocycles. The SMILES string of the molecule is CC[C@]1(O)CC[C@H]2C(=CC[C@@H]3C2CC[C@]2(C)[C@@H]([C@H](C)CC[C@@H](O)C(C)C)CC[C@@H]32)C1. The predicted octanol–water partition coefficient (Wildman–Crippen LogP) is 6.75. The van der Waals surface area contributed by atoms with Gasteiger partial charge in [0.05, 0.1) is 11.7 Å². The highest BCUT2D eigenvalue weighted by atomic mass is 16.3. The number of fused-ring (bicyclic) bond motifs is 5. The van der Waals surface area contributed by atoms with E-state index >= 15 is 0 Å². The minimum absolute atomic E-state index is 0.136. The van der Waals surface area contributed by atoms with Crippen LogP contribution in [0.4, 0.5) is 0 Å². The quantitative estimate of drug-likeness (QED) is 0.470. The number of hydrogen-bond donors (Lipinski definition) is 2. The summed E-state index contributed by atoms with van der Waals surface area (Å²) in [4.78, 5) is 0. The number of aliphatic hydroxyl groups excluding tert-OH is 1. The lowest BCUT2D eigenvalue weighted by Gasteiger charge is -2.55. The van der Waals surface area contributed by atoms with Crippen molar-refractivity contribution in [3.63, 3.8) is 0 Å². The molecule has 2 heteroatoms. The maximum Gasteiger partial charge on any atom is 0.0682 e. The summed E-state index contributed by atoms with van der Waals surface area (Å²) in [7, 11) is 0. The van der Waals surface area contributed by atoms with Crippen LogP contribution in [0.3, 0.4) is 0 Å². The Bertz CT molecular complexity index is 639. The third-order valence-corrected chi connectivity index (χ3v) is 10.7. The van der Waals surface area contributed by atoms with Crippen LogP contribution in [0.1, 0.15) is 105 Å². The molecule has 4 aliphatic rings. The van der Waals surface area contributed by atoms with Gasteiger partial charge in [-0.05, 0) is 117 Å². The van der Waals surface area contributed by atoms with Gasteiger partial charge in [0.2, 0.25) is 0 Å². The highest BCUT2D eigenvalue weighted by Gasteiger charge is 2.57. The van der Waals surface area contributed by atoms with Crippen molar-refractivity contribution in [3.8, 4) is 0 Å². The Kier molecular flexibility index (Phi) is 6.50. The van der Waals surface area contributed by atoms with Crippen molar-refractivity contribution in [3.05, 3.63) is 11.6 Å². The minimum Gasteiger partial charge on any atom is -0.393 e. The second-order valence-electron chi connectivity index (χ2n) is 12.4. The molecule has 9 atom stereocenters. The van der Waals surface area contributed by atoms with Crippen LogP contribution in [0.25, 0.3) is 0 Å². The first-order valence-corrected chi connectivity index (χ1v) is 13.3. The first-order valence-electron chi connectivity index (χ1n) is 13.3. The lowest BCUT2D eigenvalue weighted by atomic mass is 9.50. The maximum absolute atomic E-state index is 10.9. The molecule has 0 radical (unpaired) electrons. The molecule has 0 spiro atoms. The molecule has 4 rings (SSSR count). The summed E-state index contributed by atoms with van der Waals surface area (Å²) in [5.41, 5.74) is 1.70. The van der Waals surface area contributed by atoms with Gasteiger partial charge in [-0.25, -0.2) is 0 Å². The lowest BCUT2D eigenvalue weighted by Crippen LogP contribution is -2.48. The van der Waals surface area contributed by atoms with Gasteiger partial charge in [0.1, 0.15) is 0 Å². The van der Waals surface area contributed by atoms with Gasteiger partial charge in [0.25, 0.3) is 0 Å². The highest BCUT2D eigenvalue weighted by molar-refractivity contribution is 5.22. The van der Waals surface area contributed by atoms with Crippen molar-refractivity contribution in [2.75, 3.05) is 0 Å². The molecule has 3 fully saturated rings. The van der Waals surface area contributed by atoms with Crippen molar-refractivity contribution >= 4 is 0 Å². The average Bonchev–Trinajstić information content (AvgIpc) is 3.08. The molecular weight excluding hydrogens is 368 g/mol. The van der Waals surface area contributed by atoms with Gasteiger partial charge in [0.15, 0.2) is 0 Å². The molecule has 0 heterocycles. The third-order valence-electron chi connectivity index (χ3n) is 10.7. The molecule has 4 aliphatic carbocycles. The normalized spacial score (nSPS) is 45.3. The summed E-state index contributed by atoms with van der Waals surface area (Å²) in [6, 6.07) is 0. The average molecular weight is 417 g/mol. The second kappa shape index (κ2) is 8.54. The molecular formula is C28H48O2. The van der Waals surface area contributed by atoms with Gasteiger partial charge in [-0.2, -0.15) is 0 Å². The zero-order valence-electron chi connectivity index (χ0n) is 20.4. The van der Waals surface area contributed by atoms with Crippen molar-refractivity contribution < 1.29 is 10.2 Å². The van der Waals surface area contributed by atoms with E-state index in [4.69, 9.17) is 0 Å². The summed E-state index contributed by atoms with van der Waals surface area (Å²) in [6.07, 6.45) is 15.6. The summed E-state index contributed by atoms with van der Waals surface area (Å²) in [6.45, 7) is 11.5. The van der Waals surface area contributed by atoms with E-state index in [0.29, 0.717) is 11.3 Å². The van der Waals surface area contributed by atoms with Crippen LogP contribution in [0.2, 0.25) is 0 Å². The second-order valence-corrected chi connectivity index (χ2v) is 12.4. The zero-order chi connectivity index (χ0) is 21.7. The standard InChI is InChI=1S/C28H48O2/c1-6-28(30)16-14-21-20(17-28)8-9-23-22(21)13-15-27(5)24(10-11-25(23)27)19(4)7-12-26(29)18(2)3/h8,18-19,21-26,29-30H,6-7,9-17H2,1-5H3/t19-,21+,22?,23-,24-,25+,26-,27-,28+/m1/s1. The van der Waals surface area contributed by atoms with Gasteiger partial charge in [-0.3, -0.25) is 0 Å². The van der Waals surface area contributed by atoms with Crippen LogP contribution in [-0.2, 0) is 0 Å². The van der Waals surface area contributed by atoms with Gasteiger partial charge >= 0.3 is 0 Å². The van der Waals surface area contributed by atoms with E-state index in [-0.39, 0.29) is 6.10 Å². The molecule has 0 aromatic heterocycles. The Balaban J connectivity index is 1.45. The van der Waals surface area contributed by atoms with E-state index in [1.807, 2.05) is 0 Å². The van der Waals surface area contributed by atoms with Crippen LogP contribution < -0.4 is 0 Å². The number of allylic oxidation sites excluding steroid dienone is 1. The Morgan fingerprint density at radius 3 is 2.50 bits per heavy atom. The molecule has 0 bridgehead atoms. The maximum atomic E-state index is 10.9. The highest BCUT2D eigenvalue weighted by Crippen LogP contribution is 2.65. The van der Waals surface area contributed by atoms with Gasteiger partial charge in [-0.15, -0.1) is 0 Å². The van der Waals surface area contributed by atoms with Crippen LogP contribution >= 0.6 is 0 Å². The van der Waals surface area contributed by atoms with Crippen molar-refractivity contribution in [1.82, 2.24) is 0 Å². The number of rotatable bonds is 6. The van der Waals surface area contributed by atoms with Crippen molar-refractivity contribution in [2.24, 2.45) is 46.8 Å². The number of aliphatic hydroxyl groups is 2. The third kappa shape index (κ3) is 3.94. The summed E-state index contributed by atoms with van der Waals surface area (Å²) in [5, 5.41) is 21.2. The number of hydrogen-bond acceptors (Lipinski definition) is 2. The van der Waals surface area contributed by atoms with Crippen molar-refractivity contribution in [1.29, 1.82) is 0 Å². The van der Waals surface area contributed by atoms with Crippen LogP contribution in [-0.4, -0.2) is 21.9 Å². The van der Waals surface area contributed by atoms with Crippen LogP contribution in [0, 0.1) is 46.8 Å². The molecule has 172 valence electrons. The fraction of sp³-hybridized carbons (Fsp3) is 0.929. The van der Waals surface area contributed by atoms with E-state index in [2.05, 4.69) is 40.7 Å². The summed E-state index contributed by atoms with van der Waals surface area (Å²) in [5.74, 6) is 5.36. The van der Waals surface area contributed by atoms with Crippen LogP contribution in [0.15, 0.2) is 11.6 Å². The van der Waals surface area contributed by atoms with Crippen molar-refractivity contribution in [2.45, 2.75) is 117 Å². The van der Waals surface area contributed by atoms with Crippen LogP contribution in [0.5, 0.6) is 0 Å². The molecule has 0 aromatic carbocycles. The fourth-order valence-electron chi connectivity index (χ4n) is 8.61. The first-order chi connectivity index (χ1) is 14.2. The molecule has 0 aromatic rings. The first kappa shape index (κ1) is 22.8. The molecule has 1 unspecified atom stereocenters. The Hall–Kier alpha value is -0.340. The zero-order valence-corrected chi connectivity index (χ0v) is 20.4.